The highest BCUT2D eigenvalue weighted by Crippen LogP contribution is 2.31. The van der Waals surface area contributed by atoms with Gasteiger partial charge in [-0.1, -0.05) is 67.9 Å². The Balaban J connectivity index is 1.70. The van der Waals surface area contributed by atoms with Gasteiger partial charge < -0.3 is 15.0 Å². The Morgan fingerprint density at radius 1 is 1.03 bits per heavy atom. The van der Waals surface area contributed by atoms with Crippen LogP contribution in [0.1, 0.15) is 52.5 Å². The van der Waals surface area contributed by atoms with Crippen molar-refractivity contribution in [1.29, 1.82) is 0 Å². The number of carboxylic acid groups (broad SMARTS) is 1. The molecule has 0 atom stereocenters. The van der Waals surface area contributed by atoms with E-state index in [0.717, 1.165) is 27.7 Å². The molecule has 5 heteroatoms. The van der Waals surface area contributed by atoms with Crippen molar-refractivity contribution in [1.82, 2.24) is 4.57 Å². The Hall–Kier alpha value is -3.24. The highest BCUT2D eigenvalue weighted by molar-refractivity contribution is 6.30. The molecule has 4 nitrogen and oxygen atoms in total. The highest BCUT2D eigenvalue weighted by atomic mass is 35.5. The molecule has 1 heterocycles. The minimum Gasteiger partial charge on any atom is -0.477 e. The average Bonchev–Trinajstić information content (AvgIpc) is 3.14. The van der Waals surface area contributed by atoms with Crippen LogP contribution in [0.15, 0.2) is 66.7 Å². The monoisotopic (exact) mass is 446 g/mol. The van der Waals surface area contributed by atoms with Crippen molar-refractivity contribution >= 4 is 34.2 Å². The molecule has 0 fully saturated rings. The van der Waals surface area contributed by atoms with Crippen LogP contribution in [0.2, 0.25) is 5.02 Å². The van der Waals surface area contributed by atoms with E-state index in [0.29, 0.717) is 24.0 Å². The number of hydrogen-bond acceptors (Lipinski definition) is 2. The van der Waals surface area contributed by atoms with Crippen molar-refractivity contribution in [3.8, 4) is 0 Å². The third kappa shape index (κ3) is 4.51. The van der Waals surface area contributed by atoms with Crippen LogP contribution in [-0.4, -0.2) is 15.6 Å². The van der Waals surface area contributed by atoms with Gasteiger partial charge in [0.2, 0.25) is 0 Å². The predicted molar refractivity (Wildman–Crippen MR) is 132 cm³/mol. The van der Waals surface area contributed by atoms with E-state index in [4.69, 9.17) is 11.6 Å². The van der Waals surface area contributed by atoms with Crippen molar-refractivity contribution in [2.75, 3.05) is 5.32 Å². The van der Waals surface area contributed by atoms with Gasteiger partial charge in [-0.05, 0) is 59.4 Å². The minimum absolute atomic E-state index is 0.263. The van der Waals surface area contributed by atoms with Gasteiger partial charge in [-0.3, -0.25) is 0 Å². The number of aromatic nitrogens is 1. The molecule has 164 valence electrons. The first kappa shape index (κ1) is 22.0. The van der Waals surface area contributed by atoms with Gasteiger partial charge in [0.15, 0.2) is 0 Å². The summed E-state index contributed by atoms with van der Waals surface area (Å²) in [6, 6.07) is 22.0. The molecule has 0 saturated heterocycles. The Morgan fingerprint density at radius 3 is 2.44 bits per heavy atom. The lowest BCUT2D eigenvalue weighted by Crippen LogP contribution is -2.10. The van der Waals surface area contributed by atoms with Crippen LogP contribution in [0.25, 0.3) is 10.9 Å². The van der Waals surface area contributed by atoms with Crippen LogP contribution in [-0.2, 0) is 13.1 Å². The normalized spacial score (nSPS) is 11.3. The molecule has 0 aliphatic rings. The van der Waals surface area contributed by atoms with Crippen molar-refractivity contribution in [2.24, 2.45) is 0 Å². The van der Waals surface area contributed by atoms with Crippen molar-refractivity contribution < 1.29 is 9.90 Å². The topological polar surface area (TPSA) is 54.3 Å². The molecule has 0 spiro atoms. The third-order valence-electron chi connectivity index (χ3n) is 5.84. The average molecular weight is 447 g/mol. The summed E-state index contributed by atoms with van der Waals surface area (Å²) in [5.41, 5.74) is 6.59. The molecule has 3 aromatic carbocycles. The van der Waals surface area contributed by atoms with Crippen LogP contribution in [0.5, 0.6) is 0 Å². The van der Waals surface area contributed by atoms with Crippen LogP contribution in [0, 0.1) is 6.92 Å². The van der Waals surface area contributed by atoms with Crippen LogP contribution in [0.3, 0.4) is 0 Å². The van der Waals surface area contributed by atoms with Gasteiger partial charge >= 0.3 is 5.97 Å². The van der Waals surface area contributed by atoms with Gasteiger partial charge in [0.05, 0.1) is 5.52 Å². The number of nitrogens with zero attached hydrogens (tertiary/aromatic N) is 1. The number of halogens is 1. The van der Waals surface area contributed by atoms with E-state index in [9.17, 15) is 9.90 Å². The fourth-order valence-corrected chi connectivity index (χ4v) is 4.30. The van der Waals surface area contributed by atoms with Crippen molar-refractivity contribution in [3.05, 3.63) is 99.7 Å². The summed E-state index contributed by atoms with van der Waals surface area (Å²) in [6.45, 7) is 7.48. The van der Waals surface area contributed by atoms with E-state index < -0.39 is 5.97 Å². The van der Waals surface area contributed by atoms with Crippen LogP contribution >= 0.6 is 11.6 Å². The van der Waals surface area contributed by atoms with E-state index >= 15 is 0 Å². The second-order valence-corrected chi connectivity index (χ2v) is 8.93. The lowest BCUT2D eigenvalue weighted by molar-refractivity contribution is 0.0686. The molecular weight excluding hydrogens is 420 g/mol. The number of carboxylic acids is 1. The fraction of sp³-hybridized carbons (Fsp3) is 0.222. The number of rotatable bonds is 7. The number of anilines is 1. The molecule has 0 radical (unpaired) electrons. The molecule has 0 bridgehead atoms. The molecule has 4 aromatic rings. The Labute approximate surface area is 193 Å². The summed E-state index contributed by atoms with van der Waals surface area (Å²) < 4.78 is 1.86. The molecule has 32 heavy (non-hydrogen) atoms. The van der Waals surface area contributed by atoms with Crippen LogP contribution < -0.4 is 5.32 Å². The first-order valence-electron chi connectivity index (χ1n) is 10.8. The second kappa shape index (κ2) is 9.09. The van der Waals surface area contributed by atoms with Crippen LogP contribution in [0.4, 0.5) is 5.69 Å². The molecule has 4 rings (SSSR count). The zero-order valence-corrected chi connectivity index (χ0v) is 19.3. The number of benzene rings is 3. The highest BCUT2D eigenvalue weighted by Gasteiger charge is 2.19. The van der Waals surface area contributed by atoms with Crippen molar-refractivity contribution in [3.63, 3.8) is 0 Å². The summed E-state index contributed by atoms with van der Waals surface area (Å²) in [5.74, 6) is -0.444. The lowest BCUT2D eigenvalue weighted by atomic mass is 10.0. The smallest absolute Gasteiger partial charge is 0.352 e. The fourth-order valence-electron chi connectivity index (χ4n) is 4.09. The maximum absolute atomic E-state index is 12.1. The number of fused-ring (bicyclic) bond motifs is 1. The molecule has 0 unspecified atom stereocenters. The zero-order chi connectivity index (χ0) is 22.8. The lowest BCUT2D eigenvalue weighted by Gasteiger charge is -2.13. The van der Waals surface area contributed by atoms with Gasteiger partial charge in [0.1, 0.15) is 5.69 Å². The number of nitrogens with one attached hydrogen (secondary N) is 1. The number of carbonyl (C=O) groups is 1. The summed E-state index contributed by atoms with van der Waals surface area (Å²) in [4.78, 5) is 12.1. The molecule has 0 amide bonds. The maximum Gasteiger partial charge on any atom is 0.352 e. The van der Waals surface area contributed by atoms with Gasteiger partial charge in [0, 0.05) is 29.2 Å². The van der Waals surface area contributed by atoms with E-state index in [1.54, 1.807) is 6.07 Å². The minimum atomic E-state index is -0.946. The predicted octanol–water partition coefficient (Wildman–Crippen LogP) is 7.09. The third-order valence-corrected chi connectivity index (χ3v) is 6.07. The van der Waals surface area contributed by atoms with Gasteiger partial charge in [-0.2, -0.15) is 0 Å². The van der Waals surface area contributed by atoms with E-state index in [2.05, 4.69) is 43.4 Å². The summed E-state index contributed by atoms with van der Waals surface area (Å²) in [6.07, 6.45) is 0. The zero-order valence-electron chi connectivity index (χ0n) is 18.5. The number of hydrogen-bond donors (Lipinski definition) is 2. The molecule has 0 aliphatic heterocycles. The number of aryl methyl sites for hydroxylation is 1. The molecule has 0 saturated carbocycles. The van der Waals surface area contributed by atoms with E-state index in [1.807, 2.05) is 47.9 Å². The van der Waals surface area contributed by atoms with Gasteiger partial charge in [-0.15, -0.1) is 0 Å². The van der Waals surface area contributed by atoms with Gasteiger partial charge in [-0.25, -0.2) is 4.79 Å². The standard InChI is InChI=1S/C27H27ClN2O2/c1-17(2)21-10-8-19(9-11-21)15-29-24-12-7-18(3)26-23(24)14-25(27(31)32)30(26)16-20-5-4-6-22(28)13-20/h4-14,17,29H,15-16H2,1-3H3,(H,31,32). The number of aromatic carboxylic acids is 1. The molecule has 2 N–H and O–H groups in total. The second-order valence-electron chi connectivity index (χ2n) is 8.49. The molecular formula is C27H27ClN2O2. The maximum atomic E-state index is 12.1. The SMILES string of the molecule is Cc1ccc(NCc2ccc(C(C)C)cc2)c2cc(C(=O)O)n(Cc3cccc(Cl)c3)c12. The molecule has 0 aliphatic carbocycles. The summed E-state index contributed by atoms with van der Waals surface area (Å²) in [7, 11) is 0. The van der Waals surface area contributed by atoms with E-state index in [-0.39, 0.29) is 5.69 Å². The van der Waals surface area contributed by atoms with Crippen molar-refractivity contribution in [2.45, 2.75) is 39.8 Å². The first-order chi connectivity index (χ1) is 15.3. The Kier molecular flexibility index (Phi) is 6.24. The largest absolute Gasteiger partial charge is 0.477 e. The quantitative estimate of drug-likeness (QED) is 0.318. The Morgan fingerprint density at radius 2 is 1.78 bits per heavy atom. The summed E-state index contributed by atoms with van der Waals surface area (Å²) in [5, 5.41) is 14.9. The van der Waals surface area contributed by atoms with Gasteiger partial charge in [0.25, 0.3) is 0 Å². The van der Waals surface area contributed by atoms with E-state index in [1.165, 1.54) is 11.1 Å². The molecule has 1 aromatic heterocycles. The summed E-state index contributed by atoms with van der Waals surface area (Å²) >= 11 is 6.15. The first-order valence-corrected chi connectivity index (χ1v) is 11.1. The Bertz CT molecular complexity index is 1270.